The Hall–Kier alpha value is -1.11. The first-order valence-corrected chi connectivity index (χ1v) is 10.5. The fraction of sp³-hybridized carbons (Fsp3) is 0.737. The highest BCUT2D eigenvalue weighted by Gasteiger charge is 2.09. The number of unbranched alkanes of at least 4 members (excludes halogenated alkanes) is 1. The quantitative estimate of drug-likeness (QED) is 0.380. The number of nitrogens with zero attached hydrogens (tertiary/aromatic N) is 2. The van der Waals surface area contributed by atoms with E-state index in [0.717, 1.165) is 58.3 Å². The van der Waals surface area contributed by atoms with Gasteiger partial charge in [0, 0.05) is 37.6 Å². The lowest BCUT2D eigenvalue weighted by molar-refractivity contribution is 0.0372. The second kappa shape index (κ2) is 12.3. The Morgan fingerprint density at radius 1 is 1.32 bits per heavy atom. The summed E-state index contributed by atoms with van der Waals surface area (Å²) in [5, 5.41) is 8.97. The average Bonchev–Trinajstić information content (AvgIpc) is 3.13. The molecule has 0 aliphatic carbocycles. The van der Waals surface area contributed by atoms with E-state index in [4.69, 9.17) is 9.73 Å². The minimum atomic E-state index is 0.565. The predicted molar refractivity (Wildman–Crippen MR) is 108 cm³/mol. The molecule has 142 valence electrons. The number of guanidine groups is 1. The number of hydrogen-bond acceptors (Lipinski definition) is 4. The largest absolute Gasteiger partial charge is 0.379 e. The first-order chi connectivity index (χ1) is 12.3. The van der Waals surface area contributed by atoms with Gasteiger partial charge in [0.2, 0.25) is 0 Å². The van der Waals surface area contributed by atoms with Crippen molar-refractivity contribution in [3.05, 3.63) is 22.4 Å². The summed E-state index contributed by atoms with van der Waals surface area (Å²) in [6, 6.07) is 4.33. The van der Waals surface area contributed by atoms with Crippen LogP contribution in [0.2, 0.25) is 0 Å². The zero-order valence-corrected chi connectivity index (χ0v) is 16.6. The number of rotatable bonds is 10. The van der Waals surface area contributed by atoms with Crippen LogP contribution in [0.5, 0.6) is 0 Å². The summed E-state index contributed by atoms with van der Waals surface area (Å²) in [5.74, 6) is 1.52. The Morgan fingerprint density at radius 3 is 2.88 bits per heavy atom. The van der Waals surface area contributed by atoms with Crippen LogP contribution in [0.25, 0.3) is 0 Å². The third kappa shape index (κ3) is 8.70. The Kier molecular flexibility index (Phi) is 9.92. The van der Waals surface area contributed by atoms with Crippen molar-refractivity contribution < 1.29 is 4.74 Å². The second-order valence-electron chi connectivity index (χ2n) is 6.70. The van der Waals surface area contributed by atoms with Gasteiger partial charge in [-0.25, -0.2) is 0 Å². The Labute approximate surface area is 156 Å². The van der Waals surface area contributed by atoms with E-state index in [1.807, 2.05) is 11.3 Å². The van der Waals surface area contributed by atoms with Crippen LogP contribution in [0, 0.1) is 5.92 Å². The molecular weight excluding hydrogens is 332 g/mol. The van der Waals surface area contributed by atoms with E-state index in [1.165, 1.54) is 24.3 Å². The van der Waals surface area contributed by atoms with Gasteiger partial charge in [0.15, 0.2) is 5.96 Å². The molecule has 0 aromatic carbocycles. The van der Waals surface area contributed by atoms with Crippen LogP contribution in [0.4, 0.5) is 0 Å². The molecular formula is C19H34N4OS. The van der Waals surface area contributed by atoms with Gasteiger partial charge in [0.1, 0.15) is 0 Å². The van der Waals surface area contributed by atoms with Crippen molar-refractivity contribution in [2.24, 2.45) is 10.9 Å². The van der Waals surface area contributed by atoms with E-state index in [1.54, 1.807) is 0 Å². The molecule has 1 atom stereocenters. The molecule has 2 heterocycles. The fourth-order valence-corrected chi connectivity index (χ4v) is 3.79. The highest BCUT2D eigenvalue weighted by atomic mass is 32.1. The van der Waals surface area contributed by atoms with Crippen LogP contribution >= 0.6 is 11.3 Å². The van der Waals surface area contributed by atoms with Crippen molar-refractivity contribution in [1.82, 2.24) is 15.5 Å². The lowest BCUT2D eigenvalue weighted by Crippen LogP contribution is -2.39. The standard InChI is InChI=1S/C19H34N4OS/c1-3-20-19(22-16-17(2)15-18-7-6-14-25-18)21-8-4-5-9-23-10-12-24-13-11-23/h6-7,14,17H,3-5,8-13,15-16H2,1-2H3,(H2,20,21,22). The van der Waals surface area contributed by atoms with Gasteiger partial charge in [-0.05, 0) is 50.1 Å². The number of thiophene rings is 1. The van der Waals surface area contributed by atoms with Crippen molar-refractivity contribution in [2.75, 3.05) is 52.5 Å². The summed E-state index contributed by atoms with van der Waals surface area (Å²) in [5.41, 5.74) is 0. The van der Waals surface area contributed by atoms with Gasteiger partial charge in [0.25, 0.3) is 0 Å². The first-order valence-electron chi connectivity index (χ1n) is 9.62. The molecule has 0 bridgehead atoms. The molecule has 1 unspecified atom stereocenters. The third-order valence-electron chi connectivity index (χ3n) is 4.33. The number of ether oxygens (including phenoxy) is 1. The van der Waals surface area contributed by atoms with Crippen LogP contribution in [-0.2, 0) is 11.2 Å². The molecule has 1 aromatic rings. The molecule has 0 spiro atoms. The van der Waals surface area contributed by atoms with Crippen LogP contribution in [0.3, 0.4) is 0 Å². The summed E-state index contributed by atoms with van der Waals surface area (Å²) in [7, 11) is 0. The van der Waals surface area contributed by atoms with Gasteiger partial charge < -0.3 is 15.4 Å². The summed E-state index contributed by atoms with van der Waals surface area (Å²) < 4.78 is 5.39. The molecule has 0 radical (unpaired) electrons. The Bertz CT molecular complexity index is 472. The molecule has 0 amide bonds. The summed E-state index contributed by atoms with van der Waals surface area (Å²) in [4.78, 5) is 8.70. The maximum absolute atomic E-state index is 5.39. The van der Waals surface area contributed by atoms with Crippen LogP contribution in [-0.4, -0.2) is 63.3 Å². The molecule has 1 aliphatic heterocycles. The van der Waals surface area contributed by atoms with Crippen molar-refractivity contribution in [3.8, 4) is 0 Å². The van der Waals surface area contributed by atoms with Gasteiger partial charge >= 0.3 is 0 Å². The van der Waals surface area contributed by atoms with Crippen molar-refractivity contribution in [1.29, 1.82) is 0 Å². The molecule has 2 N–H and O–H groups in total. The zero-order chi connectivity index (χ0) is 17.7. The molecule has 0 saturated carbocycles. The molecule has 25 heavy (non-hydrogen) atoms. The second-order valence-corrected chi connectivity index (χ2v) is 7.73. The molecule has 1 aliphatic rings. The predicted octanol–water partition coefficient (Wildman–Crippen LogP) is 2.59. The minimum absolute atomic E-state index is 0.565. The highest BCUT2D eigenvalue weighted by Crippen LogP contribution is 2.14. The monoisotopic (exact) mass is 366 g/mol. The van der Waals surface area contributed by atoms with E-state index < -0.39 is 0 Å². The van der Waals surface area contributed by atoms with Gasteiger partial charge in [-0.2, -0.15) is 0 Å². The van der Waals surface area contributed by atoms with Crippen LogP contribution in [0.1, 0.15) is 31.6 Å². The fourth-order valence-electron chi connectivity index (χ4n) is 2.92. The average molecular weight is 367 g/mol. The number of hydrogen-bond donors (Lipinski definition) is 2. The van der Waals surface area contributed by atoms with Gasteiger partial charge in [-0.15, -0.1) is 11.3 Å². The van der Waals surface area contributed by atoms with Gasteiger partial charge in [-0.1, -0.05) is 13.0 Å². The summed E-state index contributed by atoms with van der Waals surface area (Å²) >= 11 is 1.84. The molecule has 1 saturated heterocycles. The van der Waals surface area contributed by atoms with Crippen molar-refractivity contribution in [3.63, 3.8) is 0 Å². The highest BCUT2D eigenvalue weighted by molar-refractivity contribution is 7.09. The molecule has 6 heteroatoms. The minimum Gasteiger partial charge on any atom is -0.379 e. The SMILES string of the molecule is CCNC(=NCC(C)Cc1cccs1)NCCCCN1CCOCC1. The number of aliphatic imine (C=N–C) groups is 1. The van der Waals surface area contributed by atoms with E-state index in [9.17, 15) is 0 Å². The lowest BCUT2D eigenvalue weighted by Gasteiger charge is -2.26. The van der Waals surface area contributed by atoms with Crippen LogP contribution < -0.4 is 10.6 Å². The summed E-state index contributed by atoms with van der Waals surface area (Å²) in [6.45, 7) is 12.3. The maximum atomic E-state index is 5.39. The zero-order valence-electron chi connectivity index (χ0n) is 15.8. The Balaban J connectivity index is 1.61. The van der Waals surface area contributed by atoms with Crippen molar-refractivity contribution >= 4 is 17.3 Å². The van der Waals surface area contributed by atoms with E-state index >= 15 is 0 Å². The topological polar surface area (TPSA) is 48.9 Å². The first kappa shape index (κ1) is 20.2. The molecule has 2 rings (SSSR count). The van der Waals surface area contributed by atoms with Crippen molar-refractivity contribution in [2.45, 2.75) is 33.1 Å². The summed E-state index contributed by atoms with van der Waals surface area (Å²) in [6.07, 6.45) is 3.51. The van der Waals surface area contributed by atoms with E-state index in [0.29, 0.717) is 5.92 Å². The van der Waals surface area contributed by atoms with Gasteiger partial charge in [-0.3, -0.25) is 9.89 Å². The number of nitrogens with one attached hydrogen (secondary N) is 2. The molecule has 1 fully saturated rings. The third-order valence-corrected chi connectivity index (χ3v) is 5.23. The maximum Gasteiger partial charge on any atom is 0.191 e. The number of morpholine rings is 1. The van der Waals surface area contributed by atoms with Crippen LogP contribution in [0.15, 0.2) is 22.5 Å². The normalized spacial score (nSPS) is 17.4. The molecule has 5 nitrogen and oxygen atoms in total. The van der Waals surface area contributed by atoms with Gasteiger partial charge in [0.05, 0.1) is 13.2 Å². The van der Waals surface area contributed by atoms with E-state index in [-0.39, 0.29) is 0 Å². The van der Waals surface area contributed by atoms with E-state index in [2.05, 4.69) is 46.9 Å². The Morgan fingerprint density at radius 2 is 2.16 bits per heavy atom. The molecule has 1 aromatic heterocycles. The smallest absolute Gasteiger partial charge is 0.191 e. The lowest BCUT2D eigenvalue weighted by atomic mass is 10.1.